The van der Waals surface area contributed by atoms with Crippen molar-refractivity contribution in [3.63, 3.8) is 0 Å². The summed E-state index contributed by atoms with van der Waals surface area (Å²) in [5.41, 5.74) is 2.98. The van der Waals surface area contributed by atoms with Gasteiger partial charge in [0, 0.05) is 29.9 Å². The van der Waals surface area contributed by atoms with Crippen molar-refractivity contribution in [2.24, 2.45) is 0 Å². The molecular formula is C23H19NO3. The van der Waals surface area contributed by atoms with Gasteiger partial charge in [0.1, 0.15) is 5.75 Å². The molecule has 0 aromatic heterocycles. The number of nitrogens with one attached hydrogen (secondary N) is 1. The molecule has 0 amide bonds. The van der Waals surface area contributed by atoms with Crippen molar-refractivity contribution in [2.45, 2.75) is 6.92 Å². The topological polar surface area (TPSA) is 55.4 Å². The number of esters is 1. The van der Waals surface area contributed by atoms with Crippen LogP contribution in [0, 0.1) is 0 Å². The minimum atomic E-state index is -0.367. The van der Waals surface area contributed by atoms with Crippen LogP contribution < -0.4 is 10.1 Å². The lowest BCUT2D eigenvalue weighted by atomic mass is 10.1. The maximum absolute atomic E-state index is 12.6. The molecule has 0 aliphatic heterocycles. The van der Waals surface area contributed by atoms with Gasteiger partial charge in [-0.1, -0.05) is 60.7 Å². The number of carbonyl (C=O) groups is 2. The normalized spacial score (nSPS) is 10.9. The van der Waals surface area contributed by atoms with E-state index in [2.05, 4.69) is 5.32 Å². The van der Waals surface area contributed by atoms with Gasteiger partial charge in [-0.05, 0) is 29.8 Å². The van der Waals surface area contributed by atoms with E-state index in [0.29, 0.717) is 17.0 Å². The molecule has 0 fully saturated rings. The van der Waals surface area contributed by atoms with Crippen LogP contribution in [-0.4, -0.2) is 11.8 Å². The zero-order valence-electron chi connectivity index (χ0n) is 14.9. The number of hydrogen-bond donors (Lipinski definition) is 1. The van der Waals surface area contributed by atoms with Crippen LogP contribution in [0.25, 0.3) is 5.70 Å². The number of anilines is 1. The Balaban J connectivity index is 1.88. The summed E-state index contributed by atoms with van der Waals surface area (Å²) in [7, 11) is 0. The van der Waals surface area contributed by atoms with E-state index in [1.54, 1.807) is 42.5 Å². The van der Waals surface area contributed by atoms with Gasteiger partial charge in [-0.2, -0.15) is 0 Å². The third-order valence-electron chi connectivity index (χ3n) is 3.81. The van der Waals surface area contributed by atoms with Crippen LogP contribution in [0.15, 0.2) is 91.0 Å². The van der Waals surface area contributed by atoms with Gasteiger partial charge in [0.2, 0.25) is 0 Å². The van der Waals surface area contributed by atoms with E-state index < -0.39 is 0 Å². The van der Waals surface area contributed by atoms with E-state index in [1.807, 2.05) is 48.5 Å². The van der Waals surface area contributed by atoms with E-state index in [1.165, 1.54) is 6.92 Å². The second-order valence-corrected chi connectivity index (χ2v) is 5.90. The third-order valence-corrected chi connectivity index (χ3v) is 3.81. The summed E-state index contributed by atoms with van der Waals surface area (Å²) in [5, 5.41) is 3.28. The van der Waals surface area contributed by atoms with Crippen LogP contribution in [0.2, 0.25) is 0 Å². The minimum Gasteiger partial charge on any atom is -0.427 e. The van der Waals surface area contributed by atoms with Gasteiger partial charge >= 0.3 is 5.97 Å². The zero-order chi connectivity index (χ0) is 19.1. The quantitative estimate of drug-likeness (QED) is 0.294. The summed E-state index contributed by atoms with van der Waals surface area (Å²) in [5.74, 6) is 0.0196. The Hall–Kier alpha value is -3.66. The second kappa shape index (κ2) is 8.63. The van der Waals surface area contributed by atoms with Crippen molar-refractivity contribution in [1.82, 2.24) is 0 Å². The number of hydrogen-bond acceptors (Lipinski definition) is 4. The molecule has 3 rings (SSSR count). The standard InChI is InChI=1S/C23H19NO3/c1-17(25)27-21-14-12-20(13-15-21)24-22(18-8-4-2-5-9-18)16-23(26)19-10-6-3-7-11-19/h2-16,24H,1H3/b22-16-. The highest BCUT2D eigenvalue weighted by atomic mass is 16.5. The lowest BCUT2D eigenvalue weighted by Gasteiger charge is -2.12. The van der Waals surface area contributed by atoms with Crippen molar-refractivity contribution in [3.8, 4) is 5.75 Å². The van der Waals surface area contributed by atoms with Crippen molar-refractivity contribution in [1.29, 1.82) is 0 Å². The maximum Gasteiger partial charge on any atom is 0.308 e. The van der Waals surface area contributed by atoms with Crippen LogP contribution in [0.1, 0.15) is 22.8 Å². The fourth-order valence-electron chi connectivity index (χ4n) is 2.55. The summed E-state index contributed by atoms with van der Waals surface area (Å²) in [6, 6.07) is 25.7. The predicted octanol–water partition coefficient (Wildman–Crippen LogP) is 4.95. The van der Waals surface area contributed by atoms with Gasteiger partial charge < -0.3 is 10.1 Å². The molecule has 0 unspecified atom stereocenters. The Kier molecular flexibility index (Phi) is 5.80. The van der Waals surface area contributed by atoms with E-state index >= 15 is 0 Å². The average Bonchev–Trinajstić information content (AvgIpc) is 2.70. The first-order valence-corrected chi connectivity index (χ1v) is 8.54. The van der Waals surface area contributed by atoms with Crippen LogP contribution in [0.5, 0.6) is 5.75 Å². The first-order valence-electron chi connectivity index (χ1n) is 8.54. The maximum atomic E-state index is 12.6. The first-order chi connectivity index (χ1) is 13.1. The first kappa shape index (κ1) is 18.1. The van der Waals surface area contributed by atoms with Crippen LogP contribution in [-0.2, 0) is 4.79 Å². The molecule has 27 heavy (non-hydrogen) atoms. The van der Waals surface area contributed by atoms with Crippen LogP contribution >= 0.6 is 0 Å². The summed E-state index contributed by atoms with van der Waals surface area (Å²) >= 11 is 0. The molecule has 0 spiro atoms. The number of carbonyl (C=O) groups excluding carboxylic acids is 2. The SMILES string of the molecule is CC(=O)Oc1ccc(N/C(=C\C(=O)c2ccccc2)c2ccccc2)cc1. The number of benzene rings is 3. The minimum absolute atomic E-state index is 0.0847. The fourth-order valence-corrected chi connectivity index (χ4v) is 2.55. The van der Waals surface area contributed by atoms with Gasteiger partial charge in [-0.15, -0.1) is 0 Å². The van der Waals surface area contributed by atoms with Crippen molar-refractivity contribution in [3.05, 3.63) is 102 Å². The highest BCUT2D eigenvalue weighted by Gasteiger charge is 2.08. The molecule has 1 N–H and O–H groups in total. The molecule has 0 heterocycles. The molecule has 0 saturated carbocycles. The lowest BCUT2D eigenvalue weighted by molar-refractivity contribution is -0.131. The Labute approximate surface area is 158 Å². The Morgan fingerprint density at radius 3 is 1.89 bits per heavy atom. The van der Waals surface area contributed by atoms with Crippen LogP contribution in [0.3, 0.4) is 0 Å². The summed E-state index contributed by atoms with van der Waals surface area (Å²) in [6.07, 6.45) is 1.59. The second-order valence-electron chi connectivity index (χ2n) is 5.90. The van der Waals surface area contributed by atoms with Crippen molar-refractivity contribution in [2.75, 3.05) is 5.32 Å². The fraction of sp³-hybridized carbons (Fsp3) is 0.0435. The molecule has 134 valence electrons. The van der Waals surface area contributed by atoms with Crippen molar-refractivity contribution >= 4 is 23.1 Å². The van der Waals surface area contributed by atoms with E-state index in [4.69, 9.17) is 4.74 Å². The molecule has 0 bridgehead atoms. The third kappa shape index (κ3) is 5.16. The predicted molar refractivity (Wildman–Crippen MR) is 107 cm³/mol. The largest absolute Gasteiger partial charge is 0.427 e. The Bertz CT molecular complexity index is 946. The highest BCUT2D eigenvalue weighted by molar-refractivity contribution is 6.09. The van der Waals surface area contributed by atoms with E-state index in [0.717, 1.165) is 11.3 Å². The average molecular weight is 357 g/mol. The van der Waals surface area contributed by atoms with Gasteiger partial charge in [-0.25, -0.2) is 0 Å². The molecule has 3 aromatic rings. The van der Waals surface area contributed by atoms with Gasteiger partial charge in [0.15, 0.2) is 5.78 Å². The highest BCUT2D eigenvalue weighted by Crippen LogP contribution is 2.22. The molecule has 4 nitrogen and oxygen atoms in total. The molecule has 0 radical (unpaired) electrons. The molecule has 0 saturated heterocycles. The summed E-state index contributed by atoms with van der Waals surface area (Å²) < 4.78 is 5.05. The number of ether oxygens (including phenoxy) is 1. The van der Waals surface area contributed by atoms with Gasteiger partial charge in [0.25, 0.3) is 0 Å². The summed E-state index contributed by atoms with van der Waals surface area (Å²) in [4.78, 5) is 23.7. The Morgan fingerprint density at radius 2 is 1.33 bits per heavy atom. The Morgan fingerprint density at radius 1 is 0.778 bits per heavy atom. The molecule has 3 aromatic carbocycles. The smallest absolute Gasteiger partial charge is 0.308 e. The zero-order valence-corrected chi connectivity index (χ0v) is 14.9. The number of allylic oxidation sites excluding steroid dienone is 1. The molecule has 0 atom stereocenters. The number of rotatable bonds is 6. The molecule has 0 aliphatic carbocycles. The summed E-state index contributed by atoms with van der Waals surface area (Å²) in [6.45, 7) is 1.36. The molecule has 4 heteroatoms. The monoisotopic (exact) mass is 357 g/mol. The molecular weight excluding hydrogens is 338 g/mol. The van der Waals surface area contributed by atoms with Crippen LogP contribution in [0.4, 0.5) is 5.69 Å². The van der Waals surface area contributed by atoms with E-state index in [9.17, 15) is 9.59 Å². The lowest BCUT2D eigenvalue weighted by Crippen LogP contribution is -2.04. The number of ketones is 1. The van der Waals surface area contributed by atoms with Gasteiger partial charge in [0.05, 0.1) is 0 Å². The molecule has 0 aliphatic rings. The van der Waals surface area contributed by atoms with E-state index in [-0.39, 0.29) is 11.8 Å². The van der Waals surface area contributed by atoms with Crippen molar-refractivity contribution < 1.29 is 14.3 Å². The van der Waals surface area contributed by atoms with Gasteiger partial charge in [-0.3, -0.25) is 9.59 Å².